The van der Waals surface area contributed by atoms with Crippen molar-refractivity contribution in [1.82, 2.24) is 10.3 Å². The summed E-state index contributed by atoms with van der Waals surface area (Å²) in [5.41, 5.74) is 1.99. The molecule has 28 heavy (non-hydrogen) atoms. The van der Waals surface area contributed by atoms with Gasteiger partial charge in [-0.05, 0) is 11.6 Å². The Hall–Kier alpha value is -1.92. The van der Waals surface area contributed by atoms with Crippen LogP contribution in [-0.4, -0.2) is 46.6 Å². The van der Waals surface area contributed by atoms with Gasteiger partial charge < -0.3 is 38.6 Å². The fraction of sp³-hybridized carbons (Fsp3) is 0.312. The minimum Gasteiger partial charge on any atom is -0.833 e. The number of benzene rings is 1. The van der Waals surface area contributed by atoms with Gasteiger partial charge in [-0.25, -0.2) is 4.98 Å². The first-order valence-corrected chi connectivity index (χ1v) is 9.06. The van der Waals surface area contributed by atoms with Gasteiger partial charge in [-0.3, -0.25) is 0 Å². The van der Waals surface area contributed by atoms with Crippen molar-refractivity contribution in [3.63, 3.8) is 0 Å². The summed E-state index contributed by atoms with van der Waals surface area (Å²) in [6.07, 6.45) is 1.73. The Morgan fingerprint density at radius 2 is 1.89 bits per heavy atom. The van der Waals surface area contributed by atoms with Crippen molar-refractivity contribution < 1.29 is 28.4 Å². The fourth-order valence-corrected chi connectivity index (χ4v) is 3.34. The number of rotatable bonds is 5. The van der Waals surface area contributed by atoms with E-state index in [9.17, 15) is 10.0 Å². The van der Waals surface area contributed by atoms with Crippen molar-refractivity contribution in [1.29, 1.82) is 0 Å². The number of piperazine rings is 1. The molecular weight excluding hydrogens is 363 g/mol. The molecule has 2 aromatic rings. The molecule has 2 saturated heterocycles. The minimum absolute atomic E-state index is 0.0682. The lowest BCUT2D eigenvalue weighted by Gasteiger charge is -2.39. The molecule has 1 atom stereocenters. The molecule has 1 aromatic carbocycles. The van der Waals surface area contributed by atoms with Crippen LogP contribution in [0.4, 0.5) is 5.82 Å². The second-order valence-corrected chi connectivity index (χ2v) is 6.40. The highest BCUT2D eigenvalue weighted by Crippen LogP contribution is 2.29. The lowest BCUT2D eigenvalue weighted by Crippen LogP contribution is -2.60. The molecule has 3 heterocycles. The van der Waals surface area contributed by atoms with Gasteiger partial charge in [-0.1, -0.05) is 36.4 Å². The monoisotopic (exact) mass is 381 g/mol. The van der Waals surface area contributed by atoms with Gasteiger partial charge in [0.2, 0.25) is 0 Å². The molecule has 0 amide bonds. The molecule has 12 heteroatoms. The Morgan fingerprint density at radius 3 is 2.68 bits per heavy atom. The smallest absolute Gasteiger partial charge is 0.609 e. The first kappa shape index (κ1) is 19.4. The van der Waals surface area contributed by atoms with E-state index in [-0.39, 0.29) is 12.6 Å². The largest absolute Gasteiger partial charge is 0.833 e. The van der Waals surface area contributed by atoms with Gasteiger partial charge in [0.05, 0.1) is 12.6 Å². The number of hydrogen-bond acceptors (Lipinski definition) is 9. The van der Waals surface area contributed by atoms with Crippen LogP contribution >= 0.6 is 0 Å². The molecule has 0 bridgehead atoms. The van der Waals surface area contributed by atoms with Gasteiger partial charge in [0.1, 0.15) is 5.82 Å². The maximum absolute atomic E-state index is 11.3. The summed E-state index contributed by atoms with van der Waals surface area (Å²) in [5.74, 6) is 0.780. The third-order valence-electron chi connectivity index (χ3n) is 4.61. The predicted molar refractivity (Wildman–Crippen MR) is 98.9 cm³/mol. The second-order valence-electron chi connectivity index (χ2n) is 6.40. The molecule has 1 aromatic heterocycles. The number of pyridine rings is 1. The summed E-state index contributed by atoms with van der Waals surface area (Å²) < 4.78 is 19.3. The van der Waals surface area contributed by atoms with E-state index >= 15 is 0 Å². The number of nitrogens with zero attached hydrogens (tertiary/aromatic N) is 2. The Balaban J connectivity index is 1.51. The standard InChI is InChI=1S/C16H18B3N3O6/c23-17-26-18(24)28-19(27-17)25-12-14-7-4-8-21-16(14)22-10-9-20-11-15(22)13-5-2-1-3-6-13/h1-8,15,20H,9-12H2/q-2. The second kappa shape index (κ2) is 9.06. The number of aromatic nitrogens is 1. The molecule has 9 nitrogen and oxygen atoms in total. The average molecular weight is 381 g/mol. The predicted octanol–water partition coefficient (Wildman–Crippen LogP) is -1.51. The molecule has 0 spiro atoms. The normalized spacial score (nSPS) is 20.6. The van der Waals surface area contributed by atoms with Crippen LogP contribution in [0.15, 0.2) is 48.7 Å². The van der Waals surface area contributed by atoms with E-state index in [1.165, 1.54) is 5.56 Å². The van der Waals surface area contributed by atoms with Crippen LogP contribution in [0.2, 0.25) is 0 Å². The maximum atomic E-state index is 11.3. The highest BCUT2D eigenvalue weighted by molar-refractivity contribution is 6.64. The van der Waals surface area contributed by atoms with E-state index in [0.29, 0.717) is 0 Å². The molecule has 0 radical (unpaired) electrons. The third-order valence-corrected chi connectivity index (χ3v) is 4.61. The van der Waals surface area contributed by atoms with E-state index in [2.05, 4.69) is 31.9 Å². The highest BCUT2D eigenvalue weighted by atomic mass is 16.9. The van der Waals surface area contributed by atoms with Crippen LogP contribution < -0.4 is 20.3 Å². The van der Waals surface area contributed by atoms with E-state index in [0.717, 1.165) is 31.0 Å². The molecule has 2 fully saturated rings. The number of anilines is 1. The van der Waals surface area contributed by atoms with Crippen molar-refractivity contribution in [2.45, 2.75) is 12.6 Å². The summed E-state index contributed by atoms with van der Waals surface area (Å²) in [7, 11) is -5.23. The minimum atomic E-state index is -1.93. The Kier molecular flexibility index (Phi) is 6.28. The lowest BCUT2D eigenvalue weighted by molar-refractivity contribution is -0.280. The maximum Gasteiger partial charge on any atom is 0.609 e. The van der Waals surface area contributed by atoms with Crippen molar-refractivity contribution in [2.75, 3.05) is 24.5 Å². The van der Waals surface area contributed by atoms with Gasteiger partial charge in [-0.2, -0.15) is 0 Å². The van der Waals surface area contributed by atoms with Crippen LogP contribution in [-0.2, 0) is 25.0 Å². The molecule has 2 aliphatic heterocycles. The highest BCUT2D eigenvalue weighted by Gasteiger charge is 2.32. The van der Waals surface area contributed by atoms with Crippen LogP contribution in [0, 0.1) is 0 Å². The van der Waals surface area contributed by atoms with Crippen LogP contribution in [0.1, 0.15) is 17.2 Å². The molecule has 2 aliphatic rings. The molecule has 0 aliphatic carbocycles. The average Bonchev–Trinajstić information content (AvgIpc) is 2.72. The fourth-order valence-electron chi connectivity index (χ4n) is 3.34. The topological polar surface area (TPSA) is 111 Å². The van der Waals surface area contributed by atoms with Crippen LogP contribution in [0.5, 0.6) is 0 Å². The van der Waals surface area contributed by atoms with Gasteiger partial charge in [0.25, 0.3) is 0 Å². The third kappa shape index (κ3) is 4.55. The van der Waals surface area contributed by atoms with E-state index in [1.807, 2.05) is 24.3 Å². The van der Waals surface area contributed by atoms with E-state index < -0.39 is 22.0 Å². The van der Waals surface area contributed by atoms with E-state index in [1.54, 1.807) is 12.3 Å². The Labute approximate surface area is 164 Å². The first-order chi connectivity index (χ1) is 13.7. The number of nitrogens with one attached hydrogen (secondary N) is 1. The van der Waals surface area contributed by atoms with Crippen LogP contribution in [0.25, 0.3) is 0 Å². The Morgan fingerprint density at radius 1 is 1.11 bits per heavy atom. The SMILES string of the molecule is [O-]B1OB([O-])OB(OCc2cccnc2N2CCNCC2c2ccccc2)O1. The summed E-state index contributed by atoms with van der Waals surface area (Å²) in [6, 6.07) is 14.0. The summed E-state index contributed by atoms with van der Waals surface area (Å²) in [4.78, 5) is 6.79. The van der Waals surface area contributed by atoms with Gasteiger partial charge in [0.15, 0.2) is 0 Å². The lowest BCUT2D eigenvalue weighted by atomic mass is 9.97. The van der Waals surface area contributed by atoms with Gasteiger partial charge >= 0.3 is 22.0 Å². The Bertz CT molecular complexity index is 766. The summed E-state index contributed by atoms with van der Waals surface area (Å²) in [5, 5.41) is 25.9. The van der Waals surface area contributed by atoms with Gasteiger partial charge in [-0.15, -0.1) is 0 Å². The van der Waals surface area contributed by atoms with Crippen molar-refractivity contribution in [3.8, 4) is 0 Å². The van der Waals surface area contributed by atoms with Crippen molar-refractivity contribution >= 4 is 27.8 Å². The molecule has 4 rings (SSSR count). The quantitative estimate of drug-likeness (QED) is 0.618. The molecule has 0 saturated carbocycles. The number of hydrogen-bond donors (Lipinski definition) is 1. The van der Waals surface area contributed by atoms with Gasteiger partial charge in [0, 0.05) is 31.4 Å². The first-order valence-electron chi connectivity index (χ1n) is 9.06. The van der Waals surface area contributed by atoms with Crippen LogP contribution in [0.3, 0.4) is 0 Å². The van der Waals surface area contributed by atoms with E-state index in [4.69, 9.17) is 13.8 Å². The molecule has 1 N–H and O–H groups in total. The summed E-state index contributed by atoms with van der Waals surface area (Å²) >= 11 is 0. The van der Waals surface area contributed by atoms with Crippen molar-refractivity contribution in [2.24, 2.45) is 0 Å². The summed E-state index contributed by atoms with van der Waals surface area (Å²) in [6.45, 7) is 2.47. The zero-order valence-electron chi connectivity index (χ0n) is 15.1. The zero-order valence-corrected chi connectivity index (χ0v) is 15.1. The van der Waals surface area contributed by atoms with Crippen molar-refractivity contribution in [3.05, 3.63) is 59.8 Å². The molecular formula is C16H18B3N3O6-2. The zero-order chi connectivity index (χ0) is 19.3. The molecule has 1 unspecified atom stereocenters. The molecule has 144 valence electrons.